The van der Waals surface area contributed by atoms with Gasteiger partial charge >= 0.3 is 18.1 Å². The predicted octanol–water partition coefficient (Wildman–Crippen LogP) is 2.45. The van der Waals surface area contributed by atoms with E-state index in [1.54, 1.807) is 12.2 Å². The van der Waals surface area contributed by atoms with Crippen LogP contribution in [0.4, 0.5) is 18.9 Å². The number of carbonyl (C=O) groups is 2. The monoisotopic (exact) mass is 261 g/mol. The second-order valence-corrected chi connectivity index (χ2v) is 3.48. The van der Waals surface area contributed by atoms with Crippen molar-refractivity contribution < 1.29 is 27.9 Å². The SMILES string of the molecule is CCc1cc(NC(=O)C(F)(F)F)ccc1C(=O)O. The van der Waals surface area contributed by atoms with Gasteiger partial charge < -0.3 is 10.4 Å². The summed E-state index contributed by atoms with van der Waals surface area (Å²) in [6.45, 7) is 1.66. The molecule has 0 aliphatic carbocycles. The molecule has 1 amide bonds. The Kier molecular flexibility index (Phi) is 3.95. The van der Waals surface area contributed by atoms with E-state index in [9.17, 15) is 22.8 Å². The largest absolute Gasteiger partial charge is 0.478 e. The summed E-state index contributed by atoms with van der Waals surface area (Å²) in [6.07, 6.45) is -4.64. The van der Waals surface area contributed by atoms with E-state index in [1.807, 2.05) is 0 Å². The fraction of sp³-hybridized carbons (Fsp3) is 0.273. The first-order valence-corrected chi connectivity index (χ1v) is 5.00. The second-order valence-electron chi connectivity index (χ2n) is 3.48. The van der Waals surface area contributed by atoms with Crippen LogP contribution >= 0.6 is 0 Å². The maximum absolute atomic E-state index is 12.0. The number of carboxylic acids is 1. The molecule has 1 rings (SSSR count). The first-order valence-electron chi connectivity index (χ1n) is 5.00. The molecule has 2 N–H and O–H groups in total. The van der Waals surface area contributed by atoms with Crippen molar-refractivity contribution in [2.45, 2.75) is 19.5 Å². The first-order chi connectivity index (χ1) is 8.25. The third-order valence-electron chi connectivity index (χ3n) is 2.23. The zero-order valence-corrected chi connectivity index (χ0v) is 9.34. The van der Waals surface area contributed by atoms with E-state index in [4.69, 9.17) is 5.11 Å². The van der Waals surface area contributed by atoms with Gasteiger partial charge in [0.1, 0.15) is 0 Å². The highest BCUT2D eigenvalue weighted by atomic mass is 19.4. The molecule has 0 aliphatic heterocycles. The maximum atomic E-state index is 12.0. The van der Waals surface area contributed by atoms with Gasteiger partial charge in [-0.3, -0.25) is 4.79 Å². The number of hydrogen-bond donors (Lipinski definition) is 2. The Balaban J connectivity index is 3.00. The number of rotatable bonds is 3. The van der Waals surface area contributed by atoms with Gasteiger partial charge in [-0.15, -0.1) is 0 Å². The van der Waals surface area contributed by atoms with Crippen LogP contribution in [0.2, 0.25) is 0 Å². The van der Waals surface area contributed by atoms with Crippen LogP contribution < -0.4 is 5.32 Å². The lowest BCUT2D eigenvalue weighted by molar-refractivity contribution is -0.167. The minimum atomic E-state index is -4.97. The normalized spacial score (nSPS) is 11.1. The van der Waals surface area contributed by atoms with Gasteiger partial charge in [0.2, 0.25) is 0 Å². The molecule has 0 aliphatic rings. The van der Waals surface area contributed by atoms with Crippen molar-refractivity contribution in [3.05, 3.63) is 29.3 Å². The van der Waals surface area contributed by atoms with Crippen LogP contribution in [0.3, 0.4) is 0 Å². The van der Waals surface area contributed by atoms with Gasteiger partial charge in [-0.25, -0.2) is 4.79 Å². The number of aryl methyl sites for hydroxylation is 1. The number of anilines is 1. The molecule has 0 spiro atoms. The molecule has 0 saturated heterocycles. The van der Waals surface area contributed by atoms with Gasteiger partial charge in [0.25, 0.3) is 0 Å². The van der Waals surface area contributed by atoms with E-state index in [2.05, 4.69) is 0 Å². The molecule has 7 heteroatoms. The number of benzene rings is 1. The van der Waals surface area contributed by atoms with Gasteiger partial charge in [-0.2, -0.15) is 13.2 Å². The van der Waals surface area contributed by atoms with E-state index in [1.165, 1.54) is 6.07 Å². The smallest absolute Gasteiger partial charge is 0.471 e. The predicted molar refractivity (Wildman–Crippen MR) is 57.5 cm³/mol. The Hall–Kier alpha value is -2.05. The molecule has 1 aromatic carbocycles. The maximum Gasteiger partial charge on any atom is 0.471 e. The quantitative estimate of drug-likeness (QED) is 0.878. The highest BCUT2D eigenvalue weighted by Crippen LogP contribution is 2.21. The Morgan fingerprint density at radius 1 is 1.33 bits per heavy atom. The fourth-order valence-corrected chi connectivity index (χ4v) is 1.37. The van der Waals surface area contributed by atoms with Crippen molar-refractivity contribution in [1.29, 1.82) is 0 Å². The van der Waals surface area contributed by atoms with Crippen molar-refractivity contribution >= 4 is 17.6 Å². The van der Waals surface area contributed by atoms with Crippen molar-refractivity contribution in [2.24, 2.45) is 0 Å². The van der Waals surface area contributed by atoms with E-state index in [0.717, 1.165) is 12.1 Å². The lowest BCUT2D eigenvalue weighted by Crippen LogP contribution is -2.30. The topological polar surface area (TPSA) is 66.4 Å². The molecule has 18 heavy (non-hydrogen) atoms. The van der Waals surface area contributed by atoms with Crippen LogP contribution in [-0.2, 0) is 11.2 Å². The van der Waals surface area contributed by atoms with Crippen LogP contribution in [0.15, 0.2) is 18.2 Å². The lowest BCUT2D eigenvalue weighted by Gasteiger charge is -2.10. The summed E-state index contributed by atoms with van der Waals surface area (Å²) >= 11 is 0. The van der Waals surface area contributed by atoms with Gasteiger partial charge in [-0.05, 0) is 30.2 Å². The van der Waals surface area contributed by atoms with Gasteiger partial charge in [0, 0.05) is 5.69 Å². The highest BCUT2D eigenvalue weighted by Gasteiger charge is 2.38. The lowest BCUT2D eigenvalue weighted by atomic mass is 10.0. The summed E-state index contributed by atoms with van der Waals surface area (Å²) in [4.78, 5) is 21.5. The number of hydrogen-bond acceptors (Lipinski definition) is 2. The van der Waals surface area contributed by atoms with E-state index >= 15 is 0 Å². The molecule has 0 unspecified atom stereocenters. The molecule has 1 aromatic rings. The van der Waals surface area contributed by atoms with E-state index in [-0.39, 0.29) is 11.3 Å². The number of carbonyl (C=O) groups excluding carboxylic acids is 1. The van der Waals surface area contributed by atoms with Crippen molar-refractivity contribution in [1.82, 2.24) is 0 Å². The molecular weight excluding hydrogens is 251 g/mol. The molecule has 0 radical (unpaired) electrons. The molecule has 0 aromatic heterocycles. The number of amides is 1. The summed E-state index contributed by atoms with van der Waals surface area (Å²) < 4.78 is 36.1. The van der Waals surface area contributed by atoms with Crippen LogP contribution in [-0.4, -0.2) is 23.2 Å². The Labute approximate surface area is 100 Å². The molecule has 0 saturated carbocycles. The number of nitrogens with one attached hydrogen (secondary N) is 1. The molecule has 0 atom stereocenters. The number of carboxylic acid groups (broad SMARTS) is 1. The molecule has 0 heterocycles. The number of halogens is 3. The zero-order chi connectivity index (χ0) is 13.9. The third-order valence-corrected chi connectivity index (χ3v) is 2.23. The van der Waals surface area contributed by atoms with Crippen molar-refractivity contribution in [3.8, 4) is 0 Å². The fourth-order valence-electron chi connectivity index (χ4n) is 1.37. The minimum absolute atomic E-state index is 0.00232. The Bertz CT molecular complexity index is 483. The second kappa shape index (κ2) is 5.07. The average Bonchev–Trinajstić information content (AvgIpc) is 2.27. The Morgan fingerprint density at radius 3 is 2.39 bits per heavy atom. The first kappa shape index (κ1) is 14.0. The standard InChI is InChI=1S/C11H10F3NO3/c1-2-6-5-7(3-4-8(6)9(16)17)15-10(18)11(12,13)14/h3-5H,2H2,1H3,(H,15,18)(H,16,17). The molecule has 0 bridgehead atoms. The Morgan fingerprint density at radius 2 is 1.94 bits per heavy atom. The molecular formula is C11H10F3NO3. The van der Waals surface area contributed by atoms with Crippen LogP contribution in [0.5, 0.6) is 0 Å². The minimum Gasteiger partial charge on any atom is -0.478 e. The summed E-state index contributed by atoms with van der Waals surface area (Å²) in [7, 11) is 0. The number of aromatic carboxylic acids is 1. The highest BCUT2D eigenvalue weighted by molar-refractivity contribution is 5.96. The summed E-state index contributed by atoms with van der Waals surface area (Å²) in [5, 5.41) is 10.5. The molecule has 98 valence electrons. The van der Waals surface area contributed by atoms with Gasteiger partial charge in [0.15, 0.2) is 0 Å². The van der Waals surface area contributed by atoms with Gasteiger partial charge in [-0.1, -0.05) is 6.92 Å². The molecule has 4 nitrogen and oxygen atoms in total. The van der Waals surface area contributed by atoms with Crippen molar-refractivity contribution in [2.75, 3.05) is 5.32 Å². The zero-order valence-electron chi connectivity index (χ0n) is 9.34. The number of alkyl halides is 3. The molecule has 0 fully saturated rings. The summed E-state index contributed by atoms with van der Waals surface area (Å²) in [5.41, 5.74) is 0.268. The van der Waals surface area contributed by atoms with Crippen molar-refractivity contribution in [3.63, 3.8) is 0 Å². The van der Waals surface area contributed by atoms with Crippen LogP contribution in [0.1, 0.15) is 22.8 Å². The summed E-state index contributed by atoms with van der Waals surface area (Å²) in [5.74, 6) is -3.26. The van der Waals surface area contributed by atoms with Crippen LogP contribution in [0, 0.1) is 0 Å². The average molecular weight is 261 g/mol. The van der Waals surface area contributed by atoms with E-state index < -0.39 is 18.1 Å². The summed E-state index contributed by atoms with van der Waals surface area (Å²) in [6, 6.07) is 3.49. The van der Waals surface area contributed by atoms with Gasteiger partial charge in [0.05, 0.1) is 5.56 Å². The third kappa shape index (κ3) is 3.22. The van der Waals surface area contributed by atoms with E-state index in [0.29, 0.717) is 12.0 Å². The van der Waals surface area contributed by atoms with Crippen LogP contribution in [0.25, 0.3) is 0 Å².